The fourth-order valence-electron chi connectivity index (χ4n) is 1.17. The molecular formula is C11H21N3O5. The van der Waals surface area contributed by atoms with Crippen LogP contribution in [0.5, 0.6) is 0 Å². The number of carbonyl (C=O) groups excluding carboxylic acids is 2. The van der Waals surface area contributed by atoms with Gasteiger partial charge in [0, 0.05) is 7.11 Å². The molecule has 0 aromatic rings. The van der Waals surface area contributed by atoms with Crippen LogP contribution in [-0.2, 0) is 19.1 Å². The van der Waals surface area contributed by atoms with Gasteiger partial charge in [0.05, 0.1) is 19.2 Å². The van der Waals surface area contributed by atoms with E-state index in [2.05, 4.69) is 15.4 Å². The topological polar surface area (TPSA) is 131 Å². The molecule has 0 heterocycles. The van der Waals surface area contributed by atoms with E-state index in [0.29, 0.717) is 0 Å². The first-order chi connectivity index (χ1) is 8.79. The van der Waals surface area contributed by atoms with Gasteiger partial charge in [-0.15, -0.1) is 0 Å². The summed E-state index contributed by atoms with van der Waals surface area (Å²) in [4.78, 5) is 33.7. The molecule has 2 amide bonds. The molecule has 0 aromatic carbocycles. The average molecular weight is 275 g/mol. The van der Waals surface area contributed by atoms with Crippen LogP contribution in [0.2, 0.25) is 0 Å². The van der Waals surface area contributed by atoms with Crippen molar-refractivity contribution in [1.29, 1.82) is 0 Å². The van der Waals surface area contributed by atoms with Gasteiger partial charge in [0.15, 0.2) is 6.04 Å². The Kier molecular flexibility index (Phi) is 7.69. The lowest BCUT2D eigenvalue weighted by molar-refractivity contribution is -0.143. The van der Waals surface area contributed by atoms with Crippen molar-refractivity contribution >= 4 is 17.8 Å². The lowest BCUT2D eigenvalue weighted by Crippen LogP contribution is -2.50. The van der Waals surface area contributed by atoms with E-state index < -0.39 is 29.9 Å². The van der Waals surface area contributed by atoms with Crippen LogP contribution < -0.4 is 16.4 Å². The first-order valence-corrected chi connectivity index (χ1v) is 5.84. The molecule has 1 unspecified atom stereocenters. The van der Waals surface area contributed by atoms with Crippen LogP contribution in [0, 0.1) is 5.92 Å². The average Bonchev–Trinajstić information content (AvgIpc) is 2.34. The minimum absolute atomic E-state index is 0.0525. The monoisotopic (exact) mass is 275 g/mol. The number of aliphatic carboxylic acids is 1. The number of nitrogens with one attached hydrogen (secondary N) is 2. The first kappa shape index (κ1) is 17.3. The van der Waals surface area contributed by atoms with Crippen molar-refractivity contribution in [3.05, 3.63) is 0 Å². The number of carboxylic acid groups (broad SMARTS) is 1. The molecule has 19 heavy (non-hydrogen) atoms. The van der Waals surface area contributed by atoms with Gasteiger partial charge in [-0.05, 0) is 5.92 Å². The molecule has 2 atom stereocenters. The quantitative estimate of drug-likeness (QED) is 0.418. The molecule has 8 nitrogen and oxygen atoms in total. The number of carboxylic acids is 1. The fourth-order valence-corrected chi connectivity index (χ4v) is 1.17. The minimum Gasteiger partial charge on any atom is -0.480 e. The van der Waals surface area contributed by atoms with Crippen molar-refractivity contribution in [2.45, 2.75) is 25.9 Å². The molecule has 0 spiro atoms. The van der Waals surface area contributed by atoms with Gasteiger partial charge < -0.3 is 26.2 Å². The second-order valence-electron chi connectivity index (χ2n) is 4.40. The number of amides is 2. The molecule has 0 fully saturated rings. The molecule has 0 aliphatic carbocycles. The van der Waals surface area contributed by atoms with Crippen LogP contribution in [-0.4, -0.2) is 55.2 Å². The van der Waals surface area contributed by atoms with Crippen LogP contribution in [0.15, 0.2) is 0 Å². The van der Waals surface area contributed by atoms with E-state index in [1.54, 1.807) is 13.8 Å². The van der Waals surface area contributed by atoms with Gasteiger partial charge in [0.2, 0.25) is 11.8 Å². The molecule has 8 heteroatoms. The van der Waals surface area contributed by atoms with E-state index in [-0.39, 0.29) is 19.1 Å². The summed E-state index contributed by atoms with van der Waals surface area (Å²) >= 11 is 0. The summed E-state index contributed by atoms with van der Waals surface area (Å²) in [5.74, 6) is -2.33. The van der Waals surface area contributed by atoms with Gasteiger partial charge in [0.25, 0.3) is 0 Å². The smallest absolute Gasteiger partial charge is 0.328 e. The van der Waals surface area contributed by atoms with Crippen molar-refractivity contribution in [2.75, 3.05) is 20.3 Å². The van der Waals surface area contributed by atoms with E-state index in [1.165, 1.54) is 7.11 Å². The van der Waals surface area contributed by atoms with Gasteiger partial charge in [0.1, 0.15) is 0 Å². The second kappa shape index (κ2) is 8.44. The molecule has 0 saturated carbocycles. The van der Waals surface area contributed by atoms with Crippen LogP contribution in [0.3, 0.4) is 0 Å². The SMILES string of the molecule is COCC(NC(=O)CNC(=O)[C@@H](N)C(C)C)C(=O)O. The highest BCUT2D eigenvalue weighted by Crippen LogP contribution is 1.97. The Morgan fingerprint density at radius 3 is 2.32 bits per heavy atom. The molecule has 0 bridgehead atoms. The highest BCUT2D eigenvalue weighted by Gasteiger charge is 2.21. The number of nitrogens with two attached hydrogens (primary N) is 1. The zero-order valence-corrected chi connectivity index (χ0v) is 11.3. The lowest BCUT2D eigenvalue weighted by atomic mass is 10.1. The Balaban J connectivity index is 4.17. The van der Waals surface area contributed by atoms with Gasteiger partial charge in [-0.3, -0.25) is 9.59 Å². The lowest BCUT2D eigenvalue weighted by Gasteiger charge is -2.16. The Morgan fingerprint density at radius 2 is 1.89 bits per heavy atom. The van der Waals surface area contributed by atoms with E-state index in [0.717, 1.165) is 0 Å². The van der Waals surface area contributed by atoms with Gasteiger partial charge >= 0.3 is 5.97 Å². The van der Waals surface area contributed by atoms with Crippen LogP contribution >= 0.6 is 0 Å². The molecule has 0 aromatic heterocycles. The van der Waals surface area contributed by atoms with Crippen LogP contribution in [0.1, 0.15) is 13.8 Å². The highest BCUT2D eigenvalue weighted by molar-refractivity contribution is 5.89. The van der Waals surface area contributed by atoms with Gasteiger partial charge in [-0.2, -0.15) is 0 Å². The van der Waals surface area contributed by atoms with Crippen molar-refractivity contribution < 1.29 is 24.2 Å². The fraction of sp³-hybridized carbons (Fsp3) is 0.727. The van der Waals surface area contributed by atoms with Gasteiger partial charge in [-0.1, -0.05) is 13.8 Å². The third-order valence-electron chi connectivity index (χ3n) is 2.41. The van der Waals surface area contributed by atoms with Crippen LogP contribution in [0.25, 0.3) is 0 Å². The molecule has 0 rings (SSSR count). The van der Waals surface area contributed by atoms with Crippen molar-refractivity contribution in [1.82, 2.24) is 10.6 Å². The second-order valence-corrected chi connectivity index (χ2v) is 4.40. The zero-order valence-electron chi connectivity index (χ0n) is 11.3. The zero-order chi connectivity index (χ0) is 15.0. The predicted octanol–water partition coefficient (Wildman–Crippen LogP) is -1.70. The third kappa shape index (κ3) is 6.73. The van der Waals surface area contributed by atoms with Gasteiger partial charge in [-0.25, -0.2) is 4.79 Å². The number of ether oxygens (including phenoxy) is 1. The molecule has 110 valence electrons. The number of hydrogen-bond donors (Lipinski definition) is 4. The van der Waals surface area contributed by atoms with E-state index >= 15 is 0 Å². The largest absolute Gasteiger partial charge is 0.480 e. The number of carbonyl (C=O) groups is 3. The maximum atomic E-state index is 11.5. The normalized spacial score (nSPS) is 13.7. The number of rotatable bonds is 8. The highest BCUT2D eigenvalue weighted by atomic mass is 16.5. The summed E-state index contributed by atoms with van der Waals surface area (Å²) in [5, 5.41) is 13.4. The third-order valence-corrected chi connectivity index (χ3v) is 2.41. The maximum absolute atomic E-state index is 11.5. The number of methoxy groups -OCH3 is 1. The number of hydrogen-bond acceptors (Lipinski definition) is 5. The Hall–Kier alpha value is -1.67. The van der Waals surface area contributed by atoms with Crippen LogP contribution in [0.4, 0.5) is 0 Å². The molecule has 0 saturated heterocycles. The molecular weight excluding hydrogens is 254 g/mol. The summed E-state index contributed by atoms with van der Waals surface area (Å²) in [6.45, 7) is 3.08. The Bertz CT molecular complexity index is 332. The van der Waals surface area contributed by atoms with Crippen molar-refractivity contribution in [3.63, 3.8) is 0 Å². The summed E-state index contributed by atoms with van der Waals surface area (Å²) in [6.07, 6.45) is 0. The summed E-state index contributed by atoms with van der Waals surface area (Å²) < 4.78 is 4.66. The summed E-state index contributed by atoms with van der Waals surface area (Å²) in [5.41, 5.74) is 5.59. The standard InChI is InChI=1S/C11H21N3O5/c1-6(2)9(12)10(16)13-4-8(15)14-7(5-19-3)11(17)18/h6-7,9H,4-5,12H2,1-3H3,(H,13,16)(H,14,15)(H,17,18)/t7?,9-/m0/s1. The van der Waals surface area contributed by atoms with E-state index in [1.807, 2.05) is 0 Å². The van der Waals surface area contributed by atoms with Crippen molar-refractivity contribution in [2.24, 2.45) is 11.7 Å². The Morgan fingerprint density at radius 1 is 1.32 bits per heavy atom. The minimum atomic E-state index is -1.21. The van der Waals surface area contributed by atoms with Crippen molar-refractivity contribution in [3.8, 4) is 0 Å². The molecule has 5 N–H and O–H groups in total. The summed E-state index contributed by atoms with van der Waals surface area (Å²) in [7, 11) is 1.32. The Labute approximate surface area is 111 Å². The predicted molar refractivity (Wildman–Crippen MR) is 67.3 cm³/mol. The maximum Gasteiger partial charge on any atom is 0.328 e. The van der Waals surface area contributed by atoms with E-state index in [4.69, 9.17) is 10.8 Å². The molecule has 0 aliphatic rings. The molecule has 0 radical (unpaired) electrons. The first-order valence-electron chi connectivity index (χ1n) is 5.84. The van der Waals surface area contributed by atoms with E-state index in [9.17, 15) is 14.4 Å². The summed E-state index contributed by atoms with van der Waals surface area (Å²) in [6, 6.07) is -1.85. The molecule has 0 aliphatic heterocycles.